The van der Waals surface area contributed by atoms with Gasteiger partial charge in [-0.1, -0.05) is 72.9 Å². The van der Waals surface area contributed by atoms with E-state index in [-0.39, 0.29) is 12.8 Å². The first-order chi connectivity index (χ1) is 18.2. The first kappa shape index (κ1) is 27.6. The fraction of sp³-hybridized carbons (Fsp3) is 0.276. The Morgan fingerprint density at radius 1 is 0.947 bits per heavy atom. The summed E-state index contributed by atoms with van der Waals surface area (Å²) in [4.78, 5) is 39.5. The molecular weight excluding hydrogens is 527 g/mol. The highest BCUT2D eigenvalue weighted by molar-refractivity contribution is 6.30. The number of nitrogens with zero attached hydrogens (tertiary/aromatic N) is 1. The summed E-state index contributed by atoms with van der Waals surface area (Å²) in [6.45, 7) is 1.88. The number of ether oxygens (including phenoxy) is 1. The van der Waals surface area contributed by atoms with E-state index in [0.29, 0.717) is 27.6 Å². The average Bonchev–Trinajstić information content (AvgIpc) is 2.90. The average molecular weight is 555 g/mol. The molecule has 1 saturated heterocycles. The minimum Gasteiger partial charge on any atom is -0.480 e. The molecule has 2 amide bonds. The molecule has 4 atom stereocenters. The molecule has 1 aliphatic heterocycles. The lowest BCUT2D eigenvalue weighted by Crippen LogP contribution is -2.57. The van der Waals surface area contributed by atoms with Crippen LogP contribution in [-0.4, -0.2) is 39.9 Å². The van der Waals surface area contributed by atoms with Gasteiger partial charge in [-0.05, 0) is 59.5 Å². The Balaban J connectivity index is 1.82. The van der Waals surface area contributed by atoms with Crippen molar-refractivity contribution in [1.82, 2.24) is 4.90 Å². The minimum absolute atomic E-state index is 0.185. The predicted octanol–water partition coefficient (Wildman–Crippen LogP) is 5.60. The summed E-state index contributed by atoms with van der Waals surface area (Å²) in [6, 6.07) is 18.9. The third-order valence-corrected chi connectivity index (χ3v) is 7.18. The van der Waals surface area contributed by atoms with E-state index in [9.17, 15) is 19.5 Å². The summed E-state index contributed by atoms with van der Waals surface area (Å²) in [5, 5.41) is 11.3. The maximum Gasteiger partial charge on any atom is 0.326 e. The van der Waals surface area contributed by atoms with Gasteiger partial charge in [0.25, 0.3) is 5.91 Å². The van der Waals surface area contributed by atoms with E-state index in [1.54, 1.807) is 60.7 Å². The van der Waals surface area contributed by atoms with Gasteiger partial charge in [0.15, 0.2) is 0 Å². The number of aliphatic carboxylic acids is 1. The van der Waals surface area contributed by atoms with Gasteiger partial charge in [-0.3, -0.25) is 9.59 Å². The third-order valence-electron chi connectivity index (χ3n) is 6.68. The van der Waals surface area contributed by atoms with Crippen molar-refractivity contribution >= 4 is 41.0 Å². The highest BCUT2D eigenvalue weighted by Gasteiger charge is 2.48. The number of carboxylic acids is 1. The van der Waals surface area contributed by atoms with Crippen molar-refractivity contribution in [2.24, 2.45) is 5.73 Å². The van der Waals surface area contributed by atoms with Crippen molar-refractivity contribution in [2.45, 2.75) is 50.5 Å². The number of hydrogen-bond donors (Lipinski definition) is 2. The van der Waals surface area contributed by atoms with E-state index < -0.39 is 42.1 Å². The Bertz CT molecular complexity index is 1300. The number of carboxylic acid groups (broad SMARTS) is 1. The molecule has 0 bridgehead atoms. The third kappa shape index (κ3) is 6.01. The standard InChI is InChI=1S/C29H28Cl2N2O5/c1-2-3-23(29(36)37)33-25(18-8-12-21(30)13-9-18)26(19-10-14-22(31)15-11-19)38-24(28(33)35)16-17-4-6-20(7-5-17)27(32)34/h4-15,23-26H,2-3,16H2,1H3,(H2,32,34)(H,36,37)/t23-,24+,25-,26+/m0/s1. The van der Waals surface area contributed by atoms with Crippen molar-refractivity contribution < 1.29 is 24.2 Å². The number of rotatable bonds is 9. The van der Waals surface area contributed by atoms with Crippen LogP contribution in [0.15, 0.2) is 72.8 Å². The van der Waals surface area contributed by atoms with Gasteiger partial charge in [0.2, 0.25) is 5.91 Å². The summed E-state index contributed by atoms with van der Waals surface area (Å²) in [6.07, 6.45) is -0.611. The topological polar surface area (TPSA) is 110 Å². The van der Waals surface area contributed by atoms with Crippen molar-refractivity contribution in [2.75, 3.05) is 0 Å². The summed E-state index contributed by atoms with van der Waals surface area (Å²) < 4.78 is 6.49. The molecule has 0 aromatic heterocycles. The van der Waals surface area contributed by atoms with Crippen LogP contribution in [0.5, 0.6) is 0 Å². The lowest BCUT2D eigenvalue weighted by Gasteiger charge is -2.47. The second-order valence-electron chi connectivity index (χ2n) is 9.25. The number of primary amides is 1. The van der Waals surface area contributed by atoms with Gasteiger partial charge >= 0.3 is 5.97 Å². The number of halogens is 2. The minimum atomic E-state index is -1.08. The smallest absolute Gasteiger partial charge is 0.326 e. The van der Waals surface area contributed by atoms with E-state index in [4.69, 9.17) is 33.7 Å². The first-order valence-corrected chi connectivity index (χ1v) is 13.0. The Hall–Kier alpha value is -3.39. The van der Waals surface area contributed by atoms with Gasteiger partial charge in [-0.25, -0.2) is 4.79 Å². The molecule has 3 aromatic carbocycles. The zero-order valence-corrected chi connectivity index (χ0v) is 22.2. The van der Waals surface area contributed by atoms with Crippen molar-refractivity contribution in [1.29, 1.82) is 0 Å². The van der Waals surface area contributed by atoms with Gasteiger partial charge < -0.3 is 20.5 Å². The highest BCUT2D eigenvalue weighted by Crippen LogP contribution is 2.44. The van der Waals surface area contributed by atoms with Crippen LogP contribution in [-0.2, 0) is 20.7 Å². The van der Waals surface area contributed by atoms with Crippen molar-refractivity contribution in [3.8, 4) is 0 Å². The quantitative estimate of drug-likeness (QED) is 0.357. The normalized spacial score (nSPS) is 20.2. The second-order valence-corrected chi connectivity index (χ2v) is 10.1. The van der Waals surface area contributed by atoms with Crippen LogP contribution < -0.4 is 5.73 Å². The molecule has 3 N–H and O–H groups in total. The number of morpholine rings is 1. The van der Waals surface area contributed by atoms with E-state index in [1.807, 2.05) is 19.1 Å². The van der Waals surface area contributed by atoms with Crippen LogP contribution in [0.4, 0.5) is 0 Å². The monoisotopic (exact) mass is 554 g/mol. The zero-order chi connectivity index (χ0) is 27.4. The van der Waals surface area contributed by atoms with E-state index in [0.717, 1.165) is 11.1 Å². The molecule has 38 heavy (non-hydrogen) atoms. The molecular formula is C29H28Cl2N2O5. The highest BCUT2D eigenvalue weighted by atomic mass is 35.5. The number of carbonyl (C=O) groups is 3. The Morgan fingerprint density at radius 3 is 2.00 bits per heavy atom. The summed E-state index contributed by atoms with van der Waals surface area (Å²) in [7, 11) is 0. The molecule has 3 aromatic rings. The molecule has 1 heterocycles. The van der Waals surface area contributed by atoms with Gasteiger partial charge in [0, 0.05) is 22.0 Å². The molecule has 9 heteroatoms. The van der Waals surface area contributed by atoms with E-state index in [1.165, 1.54) is 4.90 Å². The SMILES string of the molecule is CCC[C@@H](C(=O)O)N1C(=O)[C@@H](Cc2ccc(C(N)=O)cc2)O[C@H](c2ccc(Cl)cc2)[C@@H]1c1ccc(Cl)cc1. The van der Waals surface area contributed by atoms with Crippen LogP contribution in [0.25, 0.3) is 0 Å². The van der Waals surface area contributed by atoms with Gasteiger partial charge in [0.1, 0.15) is 18.2 Å². The molecule has 1 aliphatic rings. The van der Waals surface area contributed by atoms with Crippen LogP contribution in [0.1, 0.15) is 59.0 Å². The van der Waals surface area contributed by atoms with Crippen LogP contribution in [0.2, 0.25) is 10.0 Å². The molecule has 7 nitrogen and oxygen atoms in total. The number of nitrogens with two attached hydrogens (primary N) is 1. The Labute approximate surface area is 231 Å². The first-order valence-electron chi connectivity index (χ1n) is 12.3. The molecule has 4 rings (SSSR count). The number of benzene rings is 3. The maximum absolute atomic E-state index is 14.0. The van der Waals surface area contributed by atoms with E-state index in [2.05, 4.69) is 0 Å². The molecule has 0 spiro atoms. The fourth-order valence-electron chi connectivity index (χ4n) is 4.82. The summed E-state index contributed by atoms with van der Waals surface area (Å²) in [5.41, 5.74) is 7.90. The van der Waals surface area contributed by atoms with Crippen LogP contribution in [0, 0.1) is 0 Å². The van der Waals surface area contributed by atoms with Gasteiger partial charge in [0.05, 0.1) is 6.04 Å². The summed E-state index contributed by atoms with van der Waals surface area (Å²) >= 11 is 12.3. The molecule has 0 radical (unpaired) electrons. The Morgan fingerprint density at radius 2 is 1.50 bits per heavy atom. The van der Waals surface area contributed by atoms with Crippen LogP contribution >= 0.6 is 23.2 Å². The molecule has 0 saturated carbocycles. The lowest BCUT2D eigenvalue weighted by atomic mass is 9.88. The number of amides is 2. The van der Waals surface area contributed by atoms with Crippen molar-refractivity contribution in [3.63, 3.8) is 0 Å². The largest absolute Gasteiger partial charge is 0.480 e. The van der Waals surface area contributed by atoms with Gasteiger partial charge in [-0.2, -0.15) is 0 Å². The molecule has 198 valence electrons. The summed E-state index contributed by atoms with van der Waals surface area (Å²) in [5.74, 6) is -2.05. The maximum atomic E-state index is 14.0. The van der Waals surface area contributed by atoms with Gasteiger partial charge in [-0.15, -0.1) is 0 Å². The second kappa shape index (κ2) is 12.0. The van der Waals surface area contributed by atoms with Crippen molar-refractivity contribution in [3.05, 3.63) is 105 Å². The molecule has 1 fully saturated rings. The number of carbonyl (C=O) groups excluding carboxylic acids is 2. The number of hydrogen-bond acceptors (Lipinski definition) is 4. The molecule has 0 unspecified atom stereocenters. The predicted molar refractivity (Wildman–Crippen MR) is 145 cm³/mol. The van der Waals surface area contributed by atoms with E-state index >= 15 is 0 Å². The Kier molecular flexibility index (Phi) is 8.72. The molecule has 0 aliphatic carbocycles. The fourth-order valence-corrected chi connectivity index (χ4v) is 5.08. The zero-order valence-electron chi connectivity index (χ0n) is 20.7. The van der Waals surface area contributed by atoms with Crippen LogP contribution in [0.3, 0.4) is 0 Å². The lowest BCUT2D eigenvalue weighted by molar-refractivity contribution is -0.184.